The van der Waals surface area contributed by atoms with Gasteiger partial charge in [0.2, 0.25) is 5.91 Å². The van der Waals surface area contributed by atoms with Crippen molar-refractivity contribution in [3.05, 3.63) is 48.5 Å². The summed E-state index contributed by atoms with van der Waals surface area (Å²) in [7, 11) is 3.10. The fourth-order valence-corrected chi connectivity index (χ4v) is 2.78. The van der Waals surface area contributed by atoms with Gasteiger partial charge in [0.25, 0.3) is 5.91 Å². The fraction of sp³-hybridized carbons (Fsp3) is 0.263. The third kappa shape index (κ3) is 5.42. The van der Waals surface area contributed by atoms with Gasteiger partial charge in [-0.25, -0.2) is 0 Å². The molecule has 2 aromatic carbocycles. The van der Waals surface area contributed by atoms with E-state index in [0.29, 0.717) is 11.5 Å². The van der Waals surface area contributed by atoms with Crippen LogP contribution in [0.1, 0.15) is 0 Å². The summed E-state index contributed by atoms with van der Waals surface area (Å²) < 4.78 is 10.7. The first-order chi connectivity index (χ1) is 12.5. The summed E-state index contributed by atoms with van der Waals surface area (Å²) in [4.78, 5) is 26.7. The largest absolute Gasteiger partial charge is 0.493 e. The molecule has 2 amide bonds. The average molecular weight is 374 g/mol. The predicted octanol–water partition coefficient (Wildman–Crippen LogP) is 2.89. The van der Waals surface area contributed by atoms with Crippen molar-refractivity contribution in [3.63, 3.8) is 0 Å². The Hall–Kier alpha value is -2.67. The maximum atomic E-state index is 12.2. The van der Waals surface area contributed by atoms with Crippen LogP contribution in [0.2, 0.25) is 0 Å². The van der Waals surface area contributed by atoms with Crippen molar-refractivity contribution >= 4 is 29.3 Å². The summed E-state index contributed by atoms with van der Waals surface area (Å²) in [6.45, 7) is -0.234. The van der Waals surface area contributed by atoms with Crippen molar-refractivity contribution in [1.82, 2.24) is 4.90 Å². The number of benzene rings is 2. The van der Waals surface area contributed by atoms with Gasteiger partial charge in [-0.05, 0) is 30.5 Å². The van der Waals surface area contributed by atoms with Crippen molar-refractivity contribution in [2.24, 2.45) is 0 Å². The Labute approximate surface area is 157 Å². The van der Waals surface area contributed by atoms with E-state index in [1.54, 1.807) is 37.0 Å². The number of rotatable bonds is 8. The van der Waals surface area contributed by atoms with Gasteiger partial charge in [0.1, 0.15) is 0 Å². The number of anilines is 1. The van der Waals surface area contributed by atoms with E-state index >= 15 is 0 Å². The highest BCUT2D eigenvalue weighted by molar-refractivity contribution is 7.98. The molecule has 7 heteroatoms. The van der Waals surface area contributed by atoms with Crippen molar-refractivity contribution < 1.29 is 19.1 Å². The Morgan fingerprint density at radius 1 is 1.08 bits per heavy atom. The van der Waals surface area contributed by atoms with Crippen LogP contribution in [0.25, 0.3) is 0 Å². The number of nitrogens with one attached hydrogen (secondary N) is 1. The van der Waals surface area contributed by atoms with Gasteiger partial charge >= 0.3 is 0 Å². The molecular formula is C19H22N2O4S. The first-order valence-electron chi connectivity index (χ1n) is 7.97. The highest BCUT2D eigenvalue weighted by Crippen LogP contribution is 2.26. The lowest BCUT2D eigenvalue weighted by Crippen LogP contribution is -2.37. The highest BCUT2D eigenvalue weighted by Gasteiger charge is 2.15. The Bertz CT molecular complexity index is 767. The number of methoxy groups -OCH3 is 1. The molecule has 2 rings (SSSR count). The van der Waals surface area contributed by atoms with Gasteiger partial charge in [0.15, 0.2) is 18.1 Å². The van der Waals surface area contributed by atoms with Crippen LogP contribution in [0.15, 0.2) is 53.4 Å². The molecule has 0 saturated carbocycles. The fourth-order valence-electron chi connectivity index (χ4n) is 2.23. The van der Waals surface area contributed by atoms with Gasteiger partial charge in [-0.2, -0.15) is 0 Å². The molecule has 0 radical (unpaired) electrons. The standard InChI is InChI=1S/C19H22N2O4S/c1-21(12-18(22)20-14-8-4-7-11-17(14)26-3)19(23)13-25-16-10-6-5-9-15(16)24-2/h4-11H,12-13H2,1-3H3,(H,20,22). The van der Waals surface area contributed by atoms with Gasteiger partial charge in [-0.3, -0.25) is 9.59 Å². The minimum absolute atomic E-state index is 0.0587. The summed E-state index contributed by atoms with van der Waals surface area (Å²) in [5, 5.41) is 2.82. The molecule has 0 bridgehead atoms. The summed E-state index contributed by atoms with van der Waals surface area (Å²) >= 11 is 1.54. The Balaban J connectivity index is 1.87. The number of thioether (sulfide) groups is 1. The molecule has 6 nitrogen and oxygen atoms in total. The molecule has 2 aromatic rings. The normalized spacial score (nSPS) is 10.1. The number of carbonyl (C=O) groups is 2. The van der Waals surface area contributed by atoms with Gasteiger partial charge in [0.05, 0.1) is 19.3 Å². The van der Waals surface area contributed by atoms with Crippen LogP contribution in [-0.2, 0) is 9.59 Å². The van der Waals surface area contributed by atoms with Crippen LogP contribution >= 0.6 is 11.8 Å². The zero-order chi connectivity index (χ0) is 18.9. The predicted molar refractivity (Wildman–Crippen MR) is 103 cm³/mol. The number of hydrogen-bond acceptors (Lipinski definition) is 5. The molecular weight excluding hydrogens is 352 g/mol. The van der Waals surface area contributed by atoms with E-state index < -0.39 is 0 Å². The van der Waals surface area contributed by atoms with Crippen LogP contribution in [0.5, 0.6) is 11.5 Å². The SMILES string of the molecule is COc1ccccc1OCC(=O)N(C)CC(=O)Nc1ccccc1SC. The number of likely N-dealkylation sites (N-methyl/N-ethyl adjacent to an activating group) is 1. The third-order valence-corrected chi connectivity index (χ3v) is 4.40. The maximum Gasteiger partial charge on any atom is 0.260 e. The number of ether oxygens (including phenoxy) is 2. The van der Waals surface area contributed by atoms with Crippen LogP contribution in [0.3, 0.4) is 0 Å². The second-order valence-electron chi connectivity index (χ2n) is 5.44. The molecule has 1 N–H and O–H groups in total. The molecule has 0 spiro atoms. The van der Waals surface area contributed by atoms with E-state index in [0.717, 1.165) is 10.6 Å². The Morgan fingerprint density at radius 3 is 2.42 bits per heavy atom. The quantitative estimate of drug-likeness (QED) is 0.720. The topological polar surface area (TPSA) is 67.9 Å². The van der Waals surface area contributed by atoms with Crippen molar-refractivity contribution in [2.45, 2.75) is 4.90 Å². The minimum atomic E-state index is -0.302. The Morgan fingerprint density at radius 2 is 1.73 bits per heavy atom. The molecule has 0 aliphatic rings. The summed E-state index contributed by atoms with van der Waals surface area (Å²) in [5.74, 6) is 0.466. The first kappa shape index (κ1) is 19.7. The first-order valence-corrected chi connectivity index (χ1v) is 9.20. The van der Waals surface area contributed by atoms with E-state index in [2.05, 4.69) is 5.32 Å². The molecule has 0 aliphatic heterocycles. The van der Waals surface area contributed by atoms with Crippen molar-refractivity contribution in [2.75, 3.05) is 38.9 Å². The summed E-state index contributed by atoms with van der Waals surface area (Å²) in [6.07, 6.45) is 1.94. The summed E-state index contributed by atoms with van der Waals surface area (Å²) in [5.41, 5.74) is 0.733. The molecule has 0 unspecified atom stereocenters. The van der Waals surface area contributed by atoms with Gasteiger partial charge in [-0.1, -0.05) is 24.3 Å². The lowest BCUT2D eigenvalue weighted by molar-refractivity contribution is -0.135. The smallest absolute Gasteiger partial charge is 0.260 e. The molecule has 26 heavy (non-hydrogen) atoms. The number of carbonyl (C=O) groups excluding carboxylic acids is 2. The lowest BCUT2D eigenvalue weighted by atomic mass is 10.3. The molecule has 0 aliphatic carbocycles. The molecule has 0 saturated heterocycles. The van der Waals surface area contributed by atoms with E-state index in [9.17, 15) is 9.59 Å². The monoisotopic (exact) mass is 374 g/mol. The molecule has 0 atom stereocenters. The number of nitrogens with zero attached hydrogens (tertiary/aromatic N) is 1. The second kappa shape index (κ2) is 9.72. The Kier molecular flexibility index (Phi) is 7.35. The molecule has 138 valence electrons. The lowest BCUT2D eigenvalue weighted by Gasteiger charge is -2.18. The maximum absolute atomic E-state index is 12.2. The second-order valence-corrected chi connectivity index (χ2v) is 6.29. The number of hydrogen-bond donors (Lipinski definition) is 1. The van der Waals surface area contributed by atoms with E-state index in [1.807, 2.05) is 36.6 Å². The van der Waals surface area contributed by atoms with Crippen LogP contribution in [0.4, 0.5) is 5.69 Å². The van der Waals surface area contributed by atoms with Crippen molar-refractivity contribution in [3.8, 4) is 11.5 Å². The van der Waals surface area contributed by atoms with Crippen molar-refractivity contribution in [1.29, 1.82) is 0 Å². The molecule has 0 aromatic heterocycles. The van der Waals surface area contributed by atoms with Gasteiger partial charge in [0, 0.05) is 11.9 Å². The van der Waals surface area contributed by atoms with E-state index in [-0.39, 0.29) is 25.0 Å². The zero-order valence-corrected chi connectivity index (χ0v) is 15.8. The van der Waals surface area contributed by atoms with Gasteiger partial charge in [-0.15, -0.1) is 11.8 Å². The summed E-state index contributed by atoms with van der Waals surface area (Å²) in [6, 6.07) is 14.6. The average Bonchev–Trinajstić information content (AvgIpc) is 2.66. The van der Waals surface area contributed by atoms with Gasteiger partial charge < -0.3 is 19.7 Å². The van der Waals surface area contributed by atoms with E-state index in [1.165, 1.54) is 12.0 Å². The van der Waals surface area contributed by atoms with Crippen LogP contribution in [0, 0.1) is 0 Å². The molecule has 0 heterocycles. The third-order valence-electron chi connectivity index (χ3n) is 3.61. The van der Waals surface area contributed by atoms with E-state index in [4.69, 9.17) is 9.47 Å². The number of para-hydroxylation sites is 3. The minimum Gasteiger partial charge on any atom is -0.493 e. The van der Waals surface area contributed by atoms with Crippen LogP contribution < -0.4 is 14.8 Å². The highest BCUT2D eigenvalue weighted by atomic mass is 32.2. The van der Waals surface area contributed by atoms with Crippen LogP contribution in [-0.4, -0.2) is 50.3 Å². The zero-order valence-electron chi connectivity index (χ0n) is 15.0. The molecule has 0 fully saturated rings. The number of amides is 2.